The molecule has 0 saturated heterocycles. The minimum Gasteiger partial charge on any atom is -0.411 e. The Morgan fingerprint density at radius 1 is 1.19 bits per heavy atom. The molecule has 0 aliphatic heterocycles. The molecule has 162 valence electrons. The molecule has 31 heavy (non-hydrogen) atoms. The van der Waals surface area contributed by atoms with Crippen LogP contribution in [0.5, 0.6) is 0 Å². The number of rotatable bonds is 6. The van der Waals surface area contributed by atoms with E-state index < -0.39 is 21.6 Å². The normalized spacial score (nSPS) is 13.2. The van der Waals surface area contributed by atoms with Crippen molar-refractivity contribution in [1.29, 1.82) is 0 Å². The zero-order valence-corrected chi connectivity index (χ0v) is 18.4. The molecule has 1 N–H and O–H groups in total. The van der Waals surface area contributed by atoms with Gasteiger partial charge >= 0.3 is 0 Å². The fourth-order valence-corrected chi connectivity index (χ4v) is 4.16. The minimum atomic E-state index is -3.49. The molecule has 0 amide bonds. The van der Waals surface area contributed by atoms with E-state index in [4.69, 9.17) is 11.6 Å². The van der Waals surface area contributed by atoms with Gasteiger partial charge in [0.15, 0.2) is 9.84 Å². The molecular formula is C22H20ClFN2O4S. The Labute approximate surface area is 184 Å². The SMILES string of the molecule is Cn1cc(C(CC(c2cccc(S(C)(=O)=O)c2)c2ccc(Cl)cc2F)=NO)ccc1=O. The highest BCUT2D eigenvalue weighted by atomic mass is 35.5. The quantitative estimate of drug-likeness (QED) is 0.341. The third kappa shape index (κ3) is 5.21. The van der Waals surface area contributed by atoms with E-state index in [9.17, 15) is 22.8 Å². The Kier molecular flexibility index (Phi) is 6.62. The third-order valence-electron chi connectivity index (χ3n) is 4.96. The molecule has 3 rings (SSSR count). The van der Waals surface area contributed by atoms with Crippen molar-refractivity contribution in [2.24, 2.45) is 12.2 Å². The van der Waals surface area contributed by atoms with Crippen molar-refractivity contribution >= 4 is 27.1 Å². The lowest BCUT2D eigenvalue weighted by Crippen LogP contribution is -2.18. The molecule has 0 saturated carbocycles. The number of aromatic nitrogens is 1. The Bertz CT molecular complexity index is 1320. The van der Waals surface area contributed by atoms with Crippen molar-refractivity contribution in [3.8, 4) is 0 Å². The number of nitrogens with zero attached hydrogens (tertiary/aromatic N) is 2. The van der Waals surface area contributed by atoms with Gasteiger partial charge in [0.05, 0.1) is 10.6 Å². The van der Waals surface area contributed by atoms with Gasteiger partial charge in [-0.2, -0.15) is 0 Å². The number of halogens is 2. The number of aryl methyl sites for hydroxylation is 1. The summed E-state index contributed by atoms with van der Waals surface area (Å²) in [5, 5.41) is 13.3. The average molecular weight is 463 g/mol. The van der Waals surface area contributed by atoms with Gasteiger partial charge in [0.25, 0.3) is 0 Å². The van der Waals surface area contributed by atoms with E-state index in [1.807, 2.05) is 0 Å². The molecule has 0 spiro atoms. The molecule has 9 heteroatoms. The lowest BCUT2D eigenvalue weighted by Gasteiger charge is -2.20. The summed E-state index contributed by atoms with van der Waals surface area (Å²) in [4.78, 5) is 11.8. The smallest absolute Gasteiger partial charge is 0.250 e. The summed E-state index contributed by atoms with van der Waals surface area (Å²) in [6.07, 6.45) is 2.65. The highest BCUT2D eigenvalue weighted by Crippen LogP contribution is 2.33. The van der Waals surface area contributed by atoms with E-state index >= 15 is 0 Å². The van der Waals surface area contributed by atoms with Crippen LogP contribution in [0.2, 0.25) is 5.02 Å². The monoisotopic (exact) mass is 462 g/mol. The van der Waals surface area contributed by atoms with Crippen molar-refractivity contribution in [3.05, 3.63) is 98.7 Å². The van der Waals surface area contributed by atoms with Gasteiger partial charge in [-0.05, 0) is 41.5 Å². The van der Waals surface area contributed by atoms with Gasteiger partial charge in [0.1, 0.15) is 5.82 Å². The Morgan fingerprint density at radius 3 is 2.55 bits per heavy atom. The summed E-state index contributed by atoms with van der Waals surface area (Å²) in [5.41, 5.74) is 1.24. The van der Waals surface area contributed by atoms with Crippen LogP contribution >= 0.6 is 11.6 Å². The van der Waals surface area contributed by atoms with Crippen LogP contribution < -0.4 is 5.56 Å². The fraction of sp³-hybridized carbons (Fsp3) is 0.182. The largest absolute Gasteiger partial charge is 0.411 e. The van der Waals surface area contributed by atoms with Crippen molar-refractivity contribution in [2.45, 2.75) is 17.2 Å². The number of sulfone groups is 1. The van der Waals surface area contributed by atoms with Crippen LogP contribution in [0.15, 0.2) is 75.6 Å². The second kappa shape index (κ2) is 9.03. The molecule has 0 fully saturated rings. The molecule has 2 aromatic carbocycles. The van der Waals surface area contributed by atoms with E-state index in [1.165, 1.54) is 53.2 Å². The van der Waals surface area contributed by atoms with Crippen LogP contribution in [-0.4, -0.2) is 30.2 Å². The van der Waals surface area contributed by atoms with Crippen LogP contribution in [0.3, 0.4) is 0 Å². The van der Waals surface area contributed by atoms with Gasteiger partial charge in [-0.25, -0.2) is 12.8 Å². The fourth-order valence-electron chi connectivity index (χ4n) is 3.33. The van der Waals surface area contributed by atoms with Gasteiger partial charge in [0, 0.05) is 48.5 Å². The minimum absolute atomic E-state index is 0.0421. The maximum atomic E-state index is 14.8. The number of pyridine rings is 1. The van der Waals surface area contributed by atoms with E-state index in [0.29, 0.717) is 11.1 Å². The second-order valence-electron chi connectivity index (χ2n) is 7.18. The molecule has 1 atom stereocenters. The molecule has 3 aromatic rings. The summed E-state index contributed by atoms with van der Waals surface area (Å²) in [5.74, 6) is -1.25. The molecule has 1 heterocycles. The Balaban J connectivity index is 2.14. The summed E-state index contributed by atoms with van der Waals surface area (Å²) < 4.78 is 40.3. The highest BCUT2D eigenvalue weighted by molar-refractivity contribution is 7.90. The maximum Gasteiger partial charge on any atom is 0.250 e. The van der Waals surface area contributed by atoms with Crippen molar-refractivity contribution < 1.29 is 18.0 Å². The zero-order chi connectivity index (χ0) is 22.8. The van der Waals surface area contributed by atoms with Crippen LogP contribution in [0, 0.1) is 5.82 Å². The Morgan fingerprint density at radius 2 is 1.94 bits per heavy atom. The summed E-state index contributed by atoms with van der Waals surface area (Å²) in [7, 11) is -1.92. The lowest BCUT2D eigenvalue weighted by atomic mass is 9.85. The topological polar surface area (TPSA) is 88.7 Å². The molecule has 0 radical (unpaired) electrons. The number of hydrogen-bond acceptors (Lipinski definition) is 5. The van der Waals surface area contributed by atoms with E-state index in [2.05, 4.69) is 5.16 Å². The second-order valence-corrected chi connectivity index (χ2v) is 9.63. The van der Waals surface area contributed by atoms with Crippen LogP contribution in [-0.2, 0) is 16.9 Å². The molecule has 0 aliphatic rings. The average Bonchev–Trinajstić information content (AvgIpc) is 2.71. The molecule has 6 nitrogen and oxygen atoms in total. The van der Waals surface area contributed by atoms with Gasteiger partial charge in [-0.3, -0.25) is 4.79 Å². The molecule has 1 unspecified atom stereocenters. The molecular weight excluding hydrogens is 443 g/mol. The van der Waals surface area contributed by atoms with Crippen molar-refractivity contribution in [2.75, 3.05) is 6.26 Å². The van der Waals surface area contributed by atoms with Gasteiger partial charge in [0.2, 0.25) is 5.56 Å². The van der Waals surface area contributed by atoms with Gasteiger partial charge in [-0.1, -0.05) is 35.0 Å². The van der Waals surface area contributed by atoms with E-state index in [1.54, 1.807) is 19.2 Å². The number of benzene rings is 2. The first-order chi connectivity index (χ1) is 14.6. The molecule has 0 bridgehead atoms. The summed E-state index contributed by atoms with van der Waals surface area (Å²) in [6, 6.07) is 13.3. The Hall–Kier alpha value is -2.97. The lowest BCUT2D eigenvalue weighted by molar-refractivity contribution is 0.317. The van der Waals surface area contributed by atoms with E-state index in [-0.39, 0.29) is 33.2 Å². The number of oxime groups is 1. The van der Waals surface area contributed by atoms with Crippen molar-refractivity contribution in [3.63, 3.8) is 0 Å². The molecule has 0 aliphatic carbocycles. The molecule has 1 aromatic heterocycles. The first kappa shape index (κ1) is 22.7. The summed E-state index contributed by atoms with van der Waals surface area (Å²) in [6.45, 7) is 0. The first-order valence-electron chi connectivity index (χ1n) is 9.23. The van der Waals surface area contributed by atoms with Crippen molar-refractivity contribution in [1.82, 2.24) is 4.57 Å². The van der Waals surface area contributed by atoms with Crippen LogP contribution in [0.25, 0.3) is 0 Å². The van der Waals surface area contributed by atoms with Gasteiger partial charge in [-0.15, -0.1) is 0 Å². The highest BCUT2D eigenvalue weighted by Gasteiger charge is 2.23. The van der Waals surface area contributed by atoms with Gasteiger partial charge < -0.3 is 9.77 Å². The predicted molar refractivity (Wildman–Crippen MR) is 117 cm³/mol. The zero-order valence-electron chi connectivity index (χ0n) is 16.8. The summed E-state index contributed by atoms with van der Waals surface area (Å²) >= 11 is 5.90. The standard InChI is InChI=1S/C22H20ClFN2O4S/c1-26-13-15(6-9-22(26)27)21(25-28)12-19(18-8-7-16(23)11-20(18)24)14-4-3-5-17(10-14)31(2,29)30/h3-11,13,19,28H,12H2,1-2H3. The first-order valence-corrected chi connectivity index (χ1v) is 11.5. The predicted octanol–water partition coefficient (Wildman–Crippen LogP) is 3.98. The van der Waals surface area contributed by atoms with Crippen LogP contribution in [0.4, 0.5) is 4.39 Å². The maximum absolute atomic E-state index is 14.8. The number of hydrogen-bond donors (Lipinski definition) is 1. The van der Waals surface area contributed by atoms with Crippen LogP contribution in [0.1, 0.15) is 29.0 Å². The van der Waals surface area contributed by atoms with E-state index in [0.717, 1.165) is 6.26 Å². The third-order valence-corrected chi connectivity index (χ3v) is 6.31.